The molecule has 24 heavy (non-hydrogen) atoms. The number of para-hydroxylation sites is 3. The topological polar surface area (TPSA) is 126 Å². The molecule has 2 aromatic carbocycles. The third-order valence-electron chi connectivity index (χ3n) is 2.97. The van der Waals surface area contributed by atoms with Crippen LogP contribution in [0.3, 0.4) is 0 Å². The number of phenolic OH excluding ortho intramolecular Hbond substituents is 1. The maximum absolute atomic E-state index is 11.8. The van der Waals surface area contributed by atoms with Crippen LogP contribution in [0.5, 0.6) is 11.5 Å². The molecule has 0 spiro atoms. The highest BCUT2D eigenvalue weighted by atomic mass is 16.6. The Bertz CT molecular complexity index is 791. The van der Waals surface area contributed by atoms with Crippen LogP contribution in [0.15, 0.2) is 47.6 Å². The van der Waals surface area contributed by atoms with E-state index in [2.05, 4.69) is 15.8 Å². The lowest BCUT2D eigenvalue weighted by molar-refractivity contribution is -0.385. The summed E-state index contributed by atoms with van der Waals surface area (Å²) in [6, 6.07) is 10.1. The molecule has 0 aliphatic rings. The molecule has 0 fully saturated rings. The van der Waals surface area contributed by atoms with Gasteiger partial charge in [-0.05, 0) is 18.2 Å². The molecule has 0 heterocycles. The Kier molecular flexibility index (Phi) is 5.29. The second-order valence-corrected chi connectivity index (χ2v) is 4.50. The number of nitro benzene ring substituents is 1. The summed E-state index contributed by atoms with van der Waals surface area (Å²) in [5.41, 5.74) is 2.29. The second-order valence-electron chi connectivity index (χ2n) is 4.50. The smallest absolute Gasteiger partial charge is 0.339 e. The van der Waals surface area contributed by atoms with Crippen molar-refractivity contribution in [3.8, 4) is 11.5 Å². The maximum Gasteiger partial charge on any atom is 0.339 e. The lowest BCUT2D eigenvalue weighted by Gasteiger charge is -2.08. The number of nitro groups is 1. The molecular formula is C15H14N4O5. The Morgan fingerprint density at radius 2 is 2.04 bits per heavy atom. The average molecular weight is 330 g/mol. The number of nitrogens with zero attached hydrogens (tertiary/aromatic N) is 2. The quantitative estimate of drug-likeness (QED) is 0.441. The number of carbonyl (C=O) groups is 1. The molecule has 0 bridgehead atoms. The zero-order valence-corrected chi connectivity index (χ0v) is 12.6. The first kappa shape index (κ1) is 16.7. The number of aromatic hydroxyl groups is 1. The van der Waals surface area contributed by atoms with Crippen LogP contribution < -0.4 is 15.5 Å². The van der Waals surface area contributed by atoms with Crippen LogP contribution in [0, 0.1) is 10.1 Å². The number of methoxy groups -OCH3 is 1. The number of nitrogens with one attached hydrogen (secondary N) is 2. The minimum atomic E-state index is -0.714. The Balaban J connectivity index is 2.03. The number of carbonyl (C=O) groups excluding carboxylic acids is 1. The third kappa shape index (κ3) is 3.97. The molecule has 0 saturated heterocycles. The van der Waals surface area contributed by atoms with Gasteiger partial charge in [-0.1, -0.05) is 18.2 Å². The number of amides is 2. The number of hydrazone groups is 1. The van der Waals surface area contributed by atoms with E-state index in [1.807, 2.05) is 0 Å². The molecule has 0 aliphatic carbocycles. The Hall–Kier alpha value is -3.62. The molecule has 9 nitrogen and oxygen atoms in total. The summed E-state index contributed by atoms with van der Waals surface area (Å²) in [5, 5.41) is 26.7. The monoisotopic (exact) mass is 330 g/mol. The summed E-state index contributed by atoms with van der Waals surface area (Å²) < 4.78 is 5.09. The normalized spacial score (nSPS) is 10.4. The Morgan fingerprint density at radius 3 is 2.75 bits per heavy atom. The minimum Gasteiger partial charge on any atom is -0.502 e. The molecule has 2 amide bonds. The second kappa shape index (κ2) is 7.58. The lowest BCUT2D eigenvalue weighted by Crippen LogP contribution is -2.24. The Morgan fingerprint density at radius 1 is 1.29 bits per heavy atom. The lowest BCUT2D eigenvalue weighted by atomic mass is 10.2. The minimum absolute atomic E-state index is 0.0989. The van der Waals surface area contributed by atoms with Crippen molar-refractivity contribution < 1.29 is 19.6 Å². The van der Waals surface area contributed by atoms with Gasteiger partial charge in [-0.2, -0.15) is 5.10 Å². The summed E-state index contributed by atoms with van der Waals surface area (Å²) in [6.07, 6.45) is 1.10. The average Bonchev–Trinajstić information content (AvgIpc) is 2.56. The molecule has 0 radical (unpaired) electrons. The highest BCUT2D eigenvalue weighted by molar-refractivity contribution is 5.92. The van der Waals surface area contributed by atoms with Gasteiger partial charge in [-0.15, -0.1) is 0 Å². The van der Waals surface area contributed by atoms with Crippen LogP contribution >= 0.6 is 0 Å². The van der Waals surface area contributed by atoms with Crippen molar-refractivity contribution in [2.75, 3.05) is 12.4 Å². The maximum atomic E-state index is 11.8. The number of urea groups is 1. The molecule has 0 unspecified atom stereocenters. The van der Waals surface area contributed by atoms with Gasteiger partial charge in [-0.25, -0.2) is 10.2 Å². The summed E-state index contributed by atoms with van der Waals surface area (Å²) in [5.74, 6) is -0.0499. The van der Waals surface area contributed by atoms with Crippen molar-refractivity contribution in [2.24, 2.45) is 5.10 Å². The van der Waals surface area contributed by atoms with Crippen molar-refractivity contribution >= 4 is 23.6 Å². The van der Waals surface area contributed by atoms with E-state index in [4.69, 9.17) is 4.74 Å². The fourth-order valence-electron chi connectivity index (χ4n) is 1.86. The first-order valence-corrected chi connectivity index (χ1v) is 6.72. The number of anilines is 1. The molecule has 0 aromatic heterocycles. The fourth-order valence-corrected chi connectivity index (χ4v) is 1.86. The number of phenols is 1. The van der Waals surface area contributed by atoms with Crippen LogP contribution in [0.1, 0.15) is 5.56 Å². The summed E-state index contributed by atoms with van der Waals surface area (Å²) >= 11 is 0. The summed E-state index contributed by atoms with van der Waals surface area (Å²) in [6.45, 7) is 0. The van der Waals surface area contributed by atoms with Crippen LogP contribution in [0.2, 0.25) is 0 Å². The largest absolute Gasteiger partial charge is 0.502 e. The van der Waals surface area contributed by atoms with Gasteiger partial charge in [-0.3, -0.25) is 10.1 Å². The van der Waals surface area contributed by atoms with Gasteiger partial charge in [0.1, 0.15) is 5.75 Å². The van der Waals surface area contributed by atoms with Crippen LogP contribution in [-0.4, -0.2) is 29.4 Å². The van der Waals surface area contributed by atoms with E-state index in [0.29, 0.717) is 11.4 Å². The number of ether oxygens (including phenoxy) is 1. The molecule has 0 saturated carbocycles. The van der Waals surface area contributed by atoms with Gasteiger partial charge >= 0.3 is 11.7 Å². The third-order valence-corrected chi connectivity index (χ3v) is 2.97. The zero-order valence-electron chi connectivity index (χ0n) is 12.6. The number of benzene rings is 2. The van der Waals surface area contributed by atoms with Gasteiger partial charge in [0.25, 0.3) is 0 Å². The highest BCUT2D eigenvalue weighted by Crippen LogP contribution is 2.28. The van der Waals surface area contributed by atoms with Crippen LogP contribution in [-0.2, 0) is 0 Å². The van der Waals surface area contributed by atoms with E-state index in [-0.39, 0.29) is 5.56 Å². The zero-order chi connectivity index (χ0) is 17.5. The van der Waals surface area contributed by atoms with Crippen molar-refractivity contribution in [1.82, 2.24) is 5.43 Å². The number of hydrogen-bond donors (Lipinski definition) is 3. The molecule has 3 N–H and O–H groups in total. The van der Waals surface area contributed by atoms with Crippen LogP contribution in [0.4, 0.5) is 16.2 Å². The number of rotatable bonds is 5. The number of hydrogen-bond acceptors (Lipinski definition) is 6. The fraction of sp³-hybridized carbons (Fsp3) is 0.0667. The van der Waals surface area contributed by atoms with Gasteiger partial charge < -0.3 is 15.2 Å². The Labute approximate surface area is 136 Å². The standard InChI is InChI=1S/C15H14N4O5/c1-24-13-8-3-2-6-11(13)17-15(21)18-16-9-10-5-4-7-12(14(10)20)19(22)23/h2-9,20H,1H3,(H2,17,18,21)/b16-9+. The predicted octanol–water partition coefficient (Wildman–Crippen LogP) is 2.46. The molecule has 9 heteroatoms. The van der Waals surface area contributed by atoms with Gasteiger partial charge in [0, 0.05) is 11.6 Å². The summed E-state index contributed by atoms with van der Waals surface area (Å²) in [7, 11) is 1.47. The van der Waals surface area contributed by atoms with Crippen LogP contribution in [0.25, 0.3) is 0 Å². The molecule has 0 aliphatic heterocycles. The molecular weight excluding hydrogens is 316 g/mol. The molecule has 2 aromatic rings. The summed E-state index contributed by atoms with van der Waals surface area (Å²) in [4.78, 5) is 21.8. The van der Waals surface area contributed by atoms with E-state index in [9.17, 15) is 20.0 Å². The van der Waals surface area contributed by atoms with Crippen molar-refractivity contribution in [3.05, 3.63) is 58.1 Å². The predicted molar refractivity (Wildman–Crippen MR) is 87.5 cm³/mol. The highest BCUT2D eigenvalue weighted by Gasteiger charge is 2.15. The van der Waals surface area contributed by atoms with Gasteiger partial charge in [0.05, 0.1) is 23.9 Å². The van der Waals surface area contributed by atoms with Gasteiger partial charge in [0.15, 0.2) is 0 Å². The van der Waals surface area contributed by atoms with Crippen molar-refractivity contribution in [2.45, 2.75) is 0 Å². The van der Waals surface area contributed by atoms with Crippen molar-refractivity contribution in [1.29, 1.82) is 0 Å². The van der Waals surface area contributed by atoms with E-state index < -0.39 is 22.4 Å². The first-order chi connectivity index (χ1) is 11.5. The molecule has 2 rings (SSSR count). The molecule has 0 atom stereocenters. The van der Waals surface area contributed by atoms with E-state index in [1.165, 1.54) is 19.2 Å². The van der Waals surface area contributed by atoms with E-state index >= 15 is 0 Å². The van der Waals surface area contributed by atoms with Gasteiger partial charge in [0.2, 0.25) is 5.75 Å². The SMILES string of the molecule is COc1ccccc1NC(=O)N/N=C/c1cccc([N+](=O)[O-])c1O. The van der Waals surface area contributed by atoms with E-state index in [1.54, 1.807) is 24.3 Å². The molecule has 124 valence electrons. The first-order valence-electron chi connectivity index (χ1n) is 6.72. The van der Waals surface area contributed by atoms with Crippen molar-refractivity contribution in [3.63, 3.8) is 0 Å². The van der Waals surface area contributed by atoms with E-state index in [0.717, 1.165) is 12.3 Å².